The largest absolute Gasteiger partial charge is 0.454 e. The van der Waals surface area contributed by atoms with E-state index in [2.05, 4.69) is 57.8 Å². The highest BCUT2D eigenvalue weighted by Crippen LogP contribution is 2.42. The Morgan fingerprint density at radius 2 is 1.67 bits per heavy atom. The van der Waals surface area contributed by atoms with Gasteiger partial charge in [0, 0.05) is 11.6 Å². The third-order valence-electron chi connectivity index (χ3n) is 2.35. The van der Waals surface area contributed by atoms with Gasteiger partial charge in [0.15, 0.2) is 17.3 Å². The van der Waals surface area contributed by atoms with Crippen molar-refractivity contribution in [3.63, 3.8) is 0 Å². The fourth-order valence-electron chi connectivity index (χ4n) is 1.62. The fraction of sp³-hybridized carbons (Fsp3) is 0.0909. The second-order valence-electron chi connectivity index (χ2n) is 3.53. The Hall–Kier alpha value is -0.660. The van der Waals surface area contributed by atoms with Gasteiger partial charge in [-0.2, -0.15) is 0 Å². The standard InChI is InChI=1S/C11H5Br3N2O2/c12-6-1-5(2-7-10(6)18-4-17-7)11-15-8(13)3-9(14)16-11/h1-3H,4H2. The normalized spacial score (nSPS) is 12.8. The number of aromatic nitrogens is 2. The molecule has 1 aromatic heterocycles. The number of halogens is 3. The van der Waals surface area contributed by atoms with Crippen molar-refractivity contribution in [2.45, 2.75) is 0 Å². The highest BCUT2D eigenvalue weighted by atomic mass is 79.9. The van der Waals surface area contributed by atoms with Gasteiger partial charge in [0.2, 0.25) is 6.79 Å². The van der Waals surface area contributed by atoms with E-state index in [0.717, 1.165) is 10.0 Å². The van der Waals surface area contributed by atoms with Crippen molar-refractivity contribution in [1.29, 1.82) is 0 Å². The van der Waals surface area contributed by atoms with Crippen LogP contribution in [0.5, 0.6) is 11.5 Å². The van der Waals surface area contributed by atoms with Gasteiger partial charge in [-0.05, 0) is 59.9 Å². The molecule has 0 aliphatic carbocycles. The molecule has 1 aliphatic heterocycles. The Kier molecular flexibility index (Phi) is 3.29. The van der Waals surface area contributed by atoms with Crippen molar-refractivity contribution in [2.24, 2.45) is 0 Å². The molecule has 2 aromatic rings. The Labute approximate surface area is 128 Å². The molecule has 2 heterocycles. The molecule has 0 unspecified atom stereocenters. The summed E-state index contributed by atoms with van der Waals surface area (Å²) in [7, 11) is 0. The van der Waals surface area contributed by atoms with E-state index in [-0.39, 0.29) is 6.79 Å². The molecule has 92 valence electrons. The predicted octanol–water partition coefficient (Wildman–Crippen LogP) is 4.16. The maximum atomic E-state index is 5.37. The zero-order valence-electron chi connectivity index (χ0n) is 8.78. The van der Waals surface area contributed by atoms with Crippen LogP contribution in [0.4, 0.5) is 0 Å². The lowest BCUT2D eigenvalue weighted by Crippen LogP contribution is -1.93. The number of benzene rings is 1. The molecule has 0 saturated heterocycles. The minimum Gasteiger partial charge on any atom is -0.454 e. The van der Waals surface area contributed by atoms with Crippen LogP contribution in [0.15, 0.2) is 31.9 Å². The van der Waals surface area contributed by atoms with Crippen molar-refractivity contribution in [3.8, 4) is 22.9 Å². The number of rotatable bonds is 1. The summed E-state index contributed by atoms with van der Waals surface area (Å²) in [5.74, 6) is 2.02. The van der Waals surface area contributed by atoms with E-state index >= 15 is 0 Å². The molecule has 0 amide bonds. The van der Waals surface area contributed by atoms with Crippen LogP contribution in [0.2, 0.25) is 0 Å². The lowest BCUT2D eigenvalue weighted by Gasteiger charge is -2.05. The van der Waals surface area contributed by atoms with E-state index in [0.29, 0.717) is 26.5 Å². The van der Waals surface area contributed by atoms with Gasteiger partial charge in [0.25, 0.3) is 0 Å². The monoisotopic (exact) mass is 434 g/mol. The van der Waals surface area contributed by atoms with Gasteiger partial charge in [-0.25, -0.2) is 9.97 Å². The summed E-state index contributed by atoms with van der Waals surface area (Å²) in [5, 5.41) is 0. The second-order valence-corrected chi connectivity index (χ2v) is 6.01. The van der Waals surface area contributed by atoms with Gasteiger partial charge in [-0.15, -0.1) is 0 Å². The van der Waals surface area contributed by atoms with Crippen molar-refractivity contribution < 1.29 is 9.47 Å². The zero-order chi connectivity index (χ0) is 12.7. The molecule has 18 heavy (non-hydrogen) atoms. The molecule has 0 spiro atoms. The summed E-state index contributed by atoms with van der Waals surface area (Å²) < 4.78 is 13.0. The molecule has 0 bridgehead atoms. The summed E-state index contributed by atoms with van der Waals surface area (Å²) in [6, 6.07) is 5.55. The van der Waals surface area contributed by atoms with Crippen LogP contribution >= 0.6 is 47.8 Å². The second kappa shape index (κ2) is 4.79. The van der Waals surface area contributed by atoms with E-state index in [1.807, 2.05) is 12.1 Å². The molecule has 0 fully saturated rings. The highest BCUT2D eigenvalue weighted by molar-refractivity contribution is 9.11. The van der Waals surface area contributed by atoms with Gasteiger partial charge >= 0.3 is 0 Å². The van der Waals surface area contributed by atoms with Gasteiger partial charge in [-0.1, -0.05) is 0 Å². The highest BCUT2D eigenvalue weighted by Gasteiger charge is 2.19. The number of hydrogen-bond acceptors (Lipinski definition) is 4. The predicted molar refractivity (Wildman–Crippen MR) is 76.7 cm³/mol. The topological polar surface area (TPSA) is 44.2 Å². The first kappa shape index (κ1) is 12.4. The average molecular weight is 437 g/mol. The molecule has 0 N–H and O–H groups in total. The number of nitrogens with zero attached hydrogens (tertiary/aromatic N) is 2. The summed E-state index contributed by atoms with van der Waals surface area (Å²) >= 11 is 10.1. The van der Waals surface area contributed by atoms with E-state index in [9.17, 15) is 0 Å². The minimum absolute atomic E-state index is 0.237. The molecule has 0 saturated carbocycles. The van der Waals surface area contributed by atoms with Crippen molar-refractivity contribution in [3.05, 3.63) is 31.9 Å². The molecule has 4 nitrogen and oxygen atoms in total. The lowest BCUT2D eigenvalue weighted by atomic mass is 10.2. The van der Waals surface area contributed by atoms with Crippen LogP contribution in [0.25, 0.3) is 11.4 Å². The molecule has 1 aromatic carbocycles. The molecule has 7 heteroatoms. The summed E-state index contributed by atoms with van der Waals surface area (Å²) in [4.78, 5) is 8.66. The Morgan fingerprint density at radius 1 is 0.944 bits per heavy atom. The average Bonchev–Trinajstić information content (AvgIpc) is 2.76. The summed E-state index contributed by atoms with van der Waals surface area (Å²) in [6.07, 6.45) is 0. The first-order valence-corrected chi connectivity index (χ1v) is 7.31. The van der Waals surface area contributed by atoms with Crippen molar-refractivity contribution >= 4 is 47.8 Å². The van der Waals surface area contributed by atoms with E-state index in [1.54, 1.807) is 6.07 Å². The lowest BCUT2D eigenvalue weighted by molar-refractivity contribution is 0.173. The maximum absolute atomic E-state index is 5.37. The molecular weight excluding hydrogens is 432 g/mol. The number of ether oxygens (including phenoxy) is 2. The summed E-state index contributed by atoms with van der Waals surface area (Å²) in [5.41, 5.74) is 0.855. The molecule has 1 aliphatic rings. The van der Waals surface area contributed by atoms with Gasteiger partial charge in [0.1, 0.15) is 9.21 Å². The third kappa shape index (κ3) is 2.26. The Bertz CT molecular complexity index is 614. The molecule has 3 rings (SSSR count). The Balaban J connectivity index is 2.15. The SMILES string of the molecule is Brc1cc(Br)nc(-c2cc(Br)c3c(c2)OCO3)n1. The van der Waals surface area contributed by atoms with Crippen LogP contribution < -0.4 is 9.47 Å². The summed E-state index contributed by atoms with van der Waals surface area (Å²) in [6.45, 7) is 0.237. The zero-order valence-corrected chi connectivity index (χ0v) is 13.5. The van der Waals surface area contributed by atoms with Crippen molar-refractivity contribution in [2.75, 3.05) is 6.79 Å². The third-order valence-corrected chi connectivity index (χ3v) is 3.75. The molecule has 0 radical (unpaired) electrons. The Morgan fingerprint density at radius 3 is 2.39 bits per heavy atom. The van der Waals surface area contributed by atoms with Crippen LogP contribution in [0, 0.1) is 0 Å². The van der Waals surface area contributed by atoms with Crippen molar-refractivity contribution in [1.82, 2.24) is 9.97 Å². The van der Waals surface area contributed by atoms with Crippen LogP contribution in [0.1, 0.15) is 0 Å². The van der Waals surface area contributed by atoms with E-state index < -0.39 is 0 Å². The minimum atomic E-state index is 0.237. The number of hydrogen-bond donors (Lipinski definition) is 0. The quantitative estimate of drug-likeness (QED) is 0.630. The fourth-order valence-corrected chi connectivity index (χ4v) is 3.25. The van der Waals surface area contributed by atoms with Gasteiger partial charge in [-0.3, -0.25) is 0 Å². The molecular formula is C11H5Br3N2O2. The van der Waals surface area contributed by atoms with Gasteiger partial charge < -0.3 is 9.47 Å². The van der Waals surface area contributed by atoms with Crippen LogP contribution in [-0.4, -0.2) is 16.8 Å². The first-order valence-electron chi connectivity index (χ1n) is 4.93. The first-order chi connectivity index (χ1) is 8.63. The number of fused-ring (bicyclic) bond motifs is 1. The van der Waals surface area contributed by atoms with Crippen LogP contribution in [0.3, 0.4) is 0 Å². The van der Waals surface area contributed by atoms with E-state index in [1.165, 1.54) is 0 Å². The van der Waals surface area contributed by atoms with Crippen LogP contribution in [-0.2, 0) is 0 Å². The van der Waals surface area contributed by atoms with E-state index in [4.69, 9.17) is 9.47 Å². The molecule has 0 atom stereocenters. The van der Waals surface area contributed by atoms with Gasteiger partial charge in [0.05, 0.1) is 4.47 Å². The maximum Gasteiger partial charge on any atom is 0.231 e. The smallest absolute Gasteiger partial charge is 0.231 e.